The molecule has 0 spiro atoms. The number of hydrogen-bond donors (Lipinski definition) is 1. The number of pyridine rings is 1. The Morgan fingerprint density at radius 2 is 1.74 bits per heavy atom. The van der Waals surface area contributed by atoms with E-state index >= 15 is 0 Å². The van der Waals surface area contributed by atoms with Crippen LogP contribution in [0.5, 0.6) is 0 Å². The smallest absolute Gasteiger partial charge is 0.249 e. The van der Waals surface area contributed by atoms with Crippen molar-refractivity contribution in [3.8, 4) is 0 Å². The first-order chi connectivity index (χ1) is 13.1. The molecule has 3 rings (SSSR count). The highest BCUT2D eigenvalue weighted by atomic mass is 16.1. The molecule has 2 aromatic rings. The lowest BCUT2D eigenvalue weighted by Gasteiger charge is -2.22. The van der Waals surface area contributed by atoms with Gasteiger partial charge in [0.1, 0.15) is 5.82 Å². The molecule has 1 saturated heterocycles. The van der Waals surface area contributed by atoms with E-state index in [0.29, 0.717) is 11.7 Å². The standard InChI is InChI=1S/C23H29N3O/c1-18(2)20-10-7-19(8-11-20)9-14-23(27)25-22-13-12-21(17-24-22)26-15-5-3-4-6-16-26/h7-14,17-18H,3-6,15-16H2,1-2H3,(H,24,25,27)/b14-9+. The summed E-state index contributed by atoms with van der Waals surface area (Å²) in [7, 11) is 0. The van der Waals surface area contributed by atoms with Crippen LogP contribution in [0, 0.1) is 0 Å². The van der Waals surface area contributed by atoms with E-state index in [0.717, 1.165) is 24.3 Å². The average molecular weight is 364 g/mol. The zero-order valence-corrected chi connectivity index (χ0v) is 16.3. The summed E-state index contributed by atoms with van der Waals surface area (Å²) in [6.07, 6.45) is 10.3. The second-order valence-electron chi connectivity index (χ2n) is 7.45. The van der Waals surface area contributed by atoms with Gasteiger partial charge in [0.25, 0.3) is 0 Å². The Hall–Kier alpha value is -2.62. The summed E-state index contributed by atoms with van der Waals surface area (Å²) < 4.78 is 0. The number of aromatic nitrogens is 1. The molecular weight excluding hydrogens is 334 g/mol. The van der Waals surface area contributed by atoms with Gasteiger partial charge in [-0.1, -0.05) is 51.0 Å². The second-order valence-corrected chi connectivity index (χ2v) is 7.45. The van der Waals surface area contributed by atoms with Crippen LogP contribution in [0.1, 0.15) is 56.6 Å². The van der Waals surface area contributed by atoms with E-state index in [2.05, 4.69) is 41.2 Å². The Bertz CT molecular complexity index is 755. The molecule has 0 radical (unpaired) electrons. The number of amides is 1. The SMILES string of the molecule is CC(C)c1ccc(/C=C/C(=O)Nc2ccc(N3CCCCCC3)cn2)cc1. The van der Waals surface area contributed by atoms with E-state index in [1.807, 2.05) is 36.5 Å². The molecule has 1 amide bonds. The minimum atomic E-state index is -0.169. The van der Waals surface area contributed by atoms with Crippen molar-refractivity contribution < 1.29 is 4.79 Å². The van der Waals surface area contributed by atoms with Crippen LogP contribution in [0.4, 0.5) is 11.5 Å². The fourth-order valence-electron chi connectivity index (χ4n) is 3.31. The molecule has 27 heavy (non-hydrogen) atoms. The minimum absolute atomic E-state index is 0.169. The van der Waals surface area contributed by atoms with Gasteiger partial charge in [0.15, 0.2) is 0 Å². The van der Waals surface area contributed by atoms with E-state index in [1.54, 1.807) is 6.08 Å². The Balaban J connectivity index is 1.55. The van der Waals surface area contributed by atoms with E-state index in [9.17, 15) is 4.79 Å². The van der Waals surface area contributed by atoms with Crippen molar-refractivity contribution in [2.75, 3.05) is 23.3 Å². The van der Waals surface area contributed by atoms with Crippen molar-refractivity contribution in [3.05, 3.63) is 59.8 Å². The number of hydrogen-bond acceptors (Lipinski definition) is 3. The molecule has 142 valence electrons. The molecule has 4 nitrogen and oxygen atoms in total. The monoisotopic (exact) mass is 363 g/mol. The molecule has 0 aliphatic carbocycles. The third-order valence-electron chi connectivity index (χ3n) is 5.00. The first-order valence-corrected chi connectivity index (χ1v) is 9.92. The van der Waals surface area contributed by atoms with Crippen LogP contribution in [0.25, 0.3) is 6.08 Å². The van der Waals surface area contributed by atoms with Gasteiger partial charge in [0.05, 0.1) is 11.9 Å². The average Bonchev–Trinajstić information content (AvgIpc) is 2.97. The predicted molar refractivity (Wildman–Crippen MR) is 113 cm³/mol. The topological polar surface area (TPSA) is 45.2 Å². The molecule has 1 aliphatic rings. The van der Waals surface area contributed by atoms with Crippen LogP contribution in [-0.2, 0) is 4.79 Å². The first kappa shape index (κ1) is 19.2. The summed E-state index contributed by atoms with van der Waals surface area (Å²) in [4.78, 5) is 18.9. The minimum Gasteiger partial charge on any atom is -0.370 e. The highest BCUT2D eigenvalue weighted by molar-refractivity contribution is 6.01. The van der Waals surface area contributed by atoms with Gasteiger partial charge >= 0.3 is 0 Å². The molecule has 1 aromatic carbocycles. The maximum absolute atomic E-state index is 12.1. The summed E-state index contributed by atoms with van der Waals surface area (Å²) in [5.41, 5.74) is 3.44. The predicted octanol–water partition coefficient (Wildman–Crippen LogP) is 5.24. The highest BCUT2D eigenvalue weighted by Gasteiger charge is 2.10. The number of rotatable bonds is 5. The highest BCUT2D eigenvalue weighted by Crippen LogP contribution is 2.20. The van der Waals surface area contributed by atoms with Crippen LogP contribution in [-0.4, -0.2) is 24.0 Å². The Kier molecular flexibility index (Phi) is 6.64. The van der Waals surface area contributed by atoms with E-state index < -0.39 is 0 Å². The van der Waals surface area contributed by atoms with Crippen LogP contribution in [0.15, 0.2) is 48.7 Å². The van der Waals surface area contributed by atoms with Crippen molar-refractivity contribution in [1.29, 1.82) is 0 Å². The van der Waals surface area contributed by atoms with Gasteiger partial charge < -0.3 is 10.2 Å². The second kappa shape index (κ2) is 9.36. The number of benzene rings is 1. The molecule has 0 saturated carbocycles. The molecule has 1 aliphatic heterocycles. The van der Waals surface area contributed by atoms with Gasteiger partial charge in [0.2, 0.25) is 5.91 Å². The zero-order valence-electron chi connectivity index (χ0n) is 16.3. The lowest BCUT2D eigenvalue weighted by Crippen LogP contribution is -2.24. The molecule has 1 N–H and O–H groups in total. The van der Waals surface area contributed by atoms with Crippen LogP contribution in [0.2, 0.25) is 0 Å². The lowest BCUT2D eigenvalue weighted by atomic mass is 10.0. The molecular formula is C23H29N3O. The van der Waals surface area contributed by atoms with Gasteiger partial charge in [-0.3, -0.25) is 4.79 Å². The summed E-state index contributed by atoms with van der Waals surface area (Å²) >= 11 is 0. The van der Waals surface area contributed by atoms with E-state index in [-0.39, 0.29) is 5.91 Å². The number of carbonyl (C=O) groups excluding carboxylic acids is 1. The van der Waals surface area contributed by atoms with Crippen LogP contribution >= 0.6 is 0 Å². The Labute approximate surface area is 162 Å². The third kappa shape index (κ3) is 5.68. The summed E-state index contributed by atoms with van der Waals surface area (Å²) in [6, 6.07) is 12.2. The van der Waals surface area contributed by atoms with Crippen molar-refractivity contribution in [2.24, 2.45) is 0 Å². The molecule has 1 fully saturated rings. The van der Waals surface area contributed by atoms with E-state index in [1.165, 1.54) is 31.2 Å². The Morgan fingerprint density at radius 3 is 2.33 bits per heavy atom. The van der Waals surface area contributed by atoms with Gasteiger partial charge in [-0.15, -0.1) is 0 Å². The number of carbonyl (C=O) groups is 1. The lowest BCUT2D eigenvalue weighted by molar-refractivity contribution is -0.111. The molecule has 0 bridgehead atoms. The van der Waals surface area contributed by atoms with Gasteiger partial charge in [-0.05, 0) is 48.1 Å². The van der Waals surface area contributed by atoms with Crippen molar-refractivity contribution in [1.82, 2.24) is 4.98 Å². The summed E-state index contributed by atoms with van der Waals surface area (Å²) in [5, 5.41) is 2.83. The van der Waals surface area contributed by atoms with Gasteiger partial charge in [0, 0.05) is 19.2 Å². The molecule has 0 atom stereocenters. The zero-order chi connectivity index (χ0) is 19.1. The fourth-order valence-corrected chi connectivity index (χ4v) is 3.31. The summed E-state index contributed by atoms with van der Waals surface area (Å²) in [6.45, 7) is 6.52. The van der Waals surface area contributed by atoms with Crippen LogP contribution < -0.4 is 10.2 Å². The number of anilines is 2. The molecule has 1 aromatic heterocycles. The fraction of sp³-hybridized carbons (Fsp3) is 0.391. The van der Waals surface area contributed by atoms with Gasteiger partial charge in [-0.2, -0.15) is 0 Å². The number of nitrogens with zero attached hydrogens (tertiary/aromatic N) is 2. The maximum Gasteiger partial charge on any atom is 0.249 e. The van der Waals surface area contributed by atoms with Gasteiger partial charge in [-0.25, -0.2) is 4.98 Å². The van der Waals surface area contributed by atoms with Crippen molar-refractivity contribution >= 4 is 23.5 Å². The van der Waals surface area contributed by atoms with E-state index in [4.69, 9.17) is 0 Å². The Morgan fingerprint density at radius 1 is 1.04 bits per heavy atom. The van der Waals surface area contributed by atoms with Crippen LogP contribution in [0.3, 0.4) is 0 Å². The quantitative estimate of drug-likeness (QED) is 0.739. The molecule has 2 heterocycles. The number of nitrogens with one attached hydrogen (secondary N) is 1. The largest absolute Gasteiger partial charge is 0.370 e. The third-order valence-corrected chi connectivity index (χ3v) is 5.00. The summed E-state index contributed by atoms with van der Waals surface area (Å²) in [5.74, 6) is 0.922. The maximum atomic E-state index is 12.1. The first-order valence-electron chi connectivity index (χ1n) is 9.92. The normalized spacial score (nSPS) is 15.1. The van der Waals surface area contributed by atoms with Crippen molar-refractivity contribution in [2.45, 2.75) is 45.4 Å². The van der Waals surface area contributed by atoms with Crippen molar-refractivity contribution in [3.63, 3.8) is 0 Å². The molecule has 4 heteroatoms. The molecule has 0 unspecified atom stereocenters.